The van der Waals surface area contributed by atoms with Crippen LogP contribution < -0.4 is 5.32 Å². The second-order valence-electron chi connectivity index (χ2n) is 17.3. The number of benzene rings is 6. The van der Waals surface area contributed by atoms with E-state index in [1.807, 2.05) is 0 Å². The van der Waals surface area contributed by atoms with Crippen molar-refractivity contribution in [3.63, 3.8) is 0 Å². The van der Waals surface area contributed by atoms with Gasteiger partial charge in [-0.15, -0.1) is 0 Å². The molecular formula is C57H53N. The summed E-state index contributed by atoms with van der Waals surface area (Å²) in [6.45, 7) is 12.2. The first-order chi connectivity index (χ1) is 28.4. The molecule has 1 fully saturated rings. The van der Waals surface area contributed by atoms with Gasteiger partial charge in [0, 0.05) is 18.7 Å². The first-order valence-electron chi connectivity index (χ1n) is 21.5. The fourth-order valence-corrected chi connectivity index (χ4v) is 10.5. The minimum absolute atomic E-state index is 0.372. The number of likely N-dealkylation sites (N-methyl/N-ethyl adjacent to an activating group) is 1. The van der Waals surface area contributed by atoms with Gasteiger partial charge in [-0.1, -0.05) is 129 Å². The van der Waals surface area contributed by atoms with Crippen molar-refractivity contribution in [2.24, 2.45) is 17.8 Å². The highest BCUT2D eigenvalue weighted by atomic mass is 14.8. The first-order valence-corrected chi connectivity index (χ1v) is 21.5. The Hall–Kier alpha value is -5.92. The molecule has 1 heteroatoms. The quantitative estimate of drug-likeness (QED) is 0.163. The molecule has 4 unspecified atom stereocenters. The molecule has 0 heterocycles. The van der Waals surface area contributed by atoms with E-state index in [-0.39, 0.29) is 0 Å². The van der Waals surface area contributed by atoms with Crippen molar-refractivity contribution < 1.29 is 0 Å². The van der Waals surface area contributed by atoms with E-state index >= 15 is 0 Å². The van der Waals surface area contributed by atoms with Crippen molar-refractivity contribution in [3.05, 3.63) is 191 Å². The SMILES string of the molecule is C=C(/C1=C(NC)/C=C/CCCC1C)c1cc(-c2c(-c3ccccc3)cc(-c3ccccc3)cc2-c2ccccc2)cc(-c2c(C)ccc3c2C2CC2CC2C=C32)c1C. The molecular weight excluding hydrogens is 699 g/mol. The van der Waals surface area contributed by atoms with Gasteiger partial charge in [0.15, 0.2) is 0 Å². The first kappa shape index (κ1) is 36.4. The zero-order valence-electron chi connectivity index (χ0n) is 34.4. The summed E-state index contributed by atoms with van der Waals surface area (Å²) in [7, 11) is 2.07. The standard InChI is InChI=1S/C57H53N/c1-35-18-10-6-17-25-53(58-5)54(35)38(4)47-33-45(34-48(37(47)3)55-36(2)26-27-46-49-31-43(49)28-44-32-52(44)57(46)55)56-50(40-21-13-8-14-22-40)29-42(39-19-11-7-12-20-39)30-51(56)41-23-15-9-16-24-41/h7-9,11-17,19-27,29-31,33-35,43-44,52,58H,4,6,10,18,28,32H2,1-3,5H3/b25-17+,54-53-. The molecule has 0 aromatic heterocycles. The van der Waals surface area contributed by atoms with E-state index in [9.17, 15) is 0 Å². The van der Waals surface area contributed by atoms with E-state index in [4.69, 9.17) is 6.58 Å². The zero-order valence-corrected chi connectivity index (χ0v) is 34.4. The van der Waals surface area contributed by atoms with Crippen LogP contribution in [0.15, 0.2) is 163 Å². The summed E-state index contributed by atoms with van der Waals surface area (Å²) in [5, 5.41) is 3.60. The fraction of sp³-hybridized carbons (Fsp3) is 0.228. The third-order valence-corrected chi connectivity index (χ3v) is 13.7. The van der Waals surface area contributed by atoms with Gasteiger partial charge in [0.05, 0.1) is 0 Å². The van der Waals surface area contributed by atoms with Gasteiger partial charge in [-0.05, 0) is 194 Å². The van der Waals surface area contributed by atoms with Gasteiger partial charge in [-0.2, -0.15) is 0 Å². The van der Waals surface area contributed by atoms with Gasteiger partial charge < -0.3 is 5.32 Å². The number of rotatable bonds is 8. The Kier molecular flexibility index (Phi) is 9.29. The highest BCUT2D eigenvalue weighted by Gasteiger charge is 2.49. The number of allylic oxidation sites excluding steroid dienone is 6. The molecule has 0 radical (unpaired) electrons. The van der Waals surface area contributed by atoms with Gasteiger partial charge in [-0.25, -0.2) is 0 Å². The summed E-state index contributed by atoms with van der Waals surface area (Å²) >= 11 is 0. The Bertz CT molecular complexity index is 2610. The molecule has 4 aliphatic rings. The van der Waals surface area contributed by atoms with Crippen LogP contribution >= 0.6 is 0 Å². The van der Waals surface area contributed by atoms with Crippen LogP contribution in [0.2, 0.25) is 0 Å². The van der Waals surface area contributed by atoms with E-state index in [0.717, 1.165) is 24.3 Å². The second-order valence-corrected chi connectivity index (χ2v) is 17.3. The van der Waals surface area contributed by atoms with Crippen LogP contribution in [0.25, 0.3) is 66.8 Å². The molecule has 1 nitrogen and oxygen atoms in total. The topological polar surface area (TPSA) is 12.0 Å². The Balaban J connectivity index is 1.31. The monoisotopic (exact) mass is 751 g/mol. The lowest BCUT2D eigenvalue weighted by Crippen LogP contribution is -2.15. The third kappa shape index (κ3) is 6.42. The van der Waals surface area contributed by atoms with E-state index in [2.05, 4.69) is 179 Å². The van der Waals surface area contributed by atoms with Gasteiger partial charge >= 0.3 is 0 Å². The molecule has 0 spiro atoms. The predicted octanol–water partition coefficient (Wildman–Crippen LogP) is 15.0. The van der Waals surface area contributed by atoms with E-state index in [1.54, 1.807) is 11.1 Å². The van der Waals surface area contributed by atoms with Crippen LogP contribution in [0, 0.1) is 31.6 Å². The van der Waals surface area contributed by atoms with Crippen LogP contribution in [0.4, 0.5) is 0 Å². The maximum Gasteiger partial charge on any atom is 0.0375 e. The van der Waals surface area contributed by atoms with E-state index < -0.39 is 0 Å². The van der Waals surface area contributed by atoms with Gasteiger partial charge in [0.2, 0.25) is 0 Å². The summed E-state index contributed by atoms with van der Waals surface area (Å²) in [6, 6.07) is 47.7. The molecule has 58 heavy (non-hydrogen) atoms. The lowest BCUT2D eigenvalue weighted by Gasteiger charge is -2.27. The van der Waals surface area contributed by atoms with Crippen LogP contribution in [-0.2, 0) is 0 Å². The number of hydrogen-bond acceptors (Lipinski definition) is 1. The van der Waals surface area contributed by atoms with Crippen LogP contribution in [0.5, 0.6) is 0 Å². The summed E-state index contributed by atoms with van der Waals surface area (Å²) in [5.41, 5.74) is 24.9. The molecule has 286 valence electrons. The van der Waals surface area contributed by atoms with Crippen LogP contribution in [0.3, 0.4) is 0 Å². The van der Waals surface area contributed by atoms with Crippen LogP contribution in [0.1, 0.15) is 72.8 Å². The van der Waals surface area contributed by atoms with Crippen LogP contribution in [-0.4, -0.2) is 7.05 Å². The Morgan fingerprint density at radius 2 is 1.29 bits per heavy atom. The maximum atomic E-state index is 5.04. The normalized spacial score (nSPS) is 22.2. The van der Waals surface area contributed by atoms with Gasteiger partial charge in [0.1, 0.15) is 0 Å². The molecule has 10 rings (SSSR count). The summed E-state index contributed by atoms with van der Waals surface area (Å²) < 4.78 is 0. The Morgan fingerprint density at radius 1 is 0.655 bits per heavy atom. The van der Waals surface area contributed by atoms with Crippen molar-refractivity contribution in [2.75, 3.05) is 7.05 Å². The average molecular weight is 752 g/mol. The number of aryl methyl sites for hydroxylation is 1. The number of hydrogen-bond donors (Lipinski definition) is 1. The molecule has 0 aliphatic heterocycles. The van der Waals surface area contributed by atoms with E-state index in [0.29, 0.717) is 17.8 Å². The average Bonchev–Trinajstić information content (AvgIpc) is 4.19. The molecule has 0 bridgehead atoms. The summed E-state index contributed by atoms with van der Waals surface area (Å²) in [4.78, 5) is 0. The molecule has 4 aliphatic carbocycles. The Labute approximate surface area is 345 Å². The lowest BCUT2D eigenvalue weighted by atomic mass is 9.77. The Morgan fingerprint density at radius 3 is 1.95 bits per heavy atom. The highest BCUT2D eigenvalue weighted by Crippen LogP contribution is 2.63. The number of fused-ring (bicyclic) bond motifs is 5. The molecule has 6 aromatic rings. The van der Waals surface area contributed by atoms with E-state index in [1.165, 1.54) is 108 Å². The van der Waals surface area contributed by atoms with Crippen molar-refractivity contribution in [2.45, 2.75) is 58.8 Å². The van der Waals surface area contributed by atoms with Crippen molar-refractivity contribution in [3.8, 4) is 55.6 Å². The van der Waals surface area contributed by atoms with Crippen molar-refractivity contribution >= 4 is 11.1 Å². The van der Waals surface area contributed by atoms with Crippen molar-refractivity contribution in [1.82, 2.24) is 5.32 Å². The number of nitrogens with one attached hydrogen (secondary N) is 1. The highest BCUT2D eigenvalue weighted by molar-refractivity contribution is 6.01. The largest absolute Gasteiger partial charge is 0.388 e. The zero-order chi connectivity index (χ0) is 39.5. The molecule has 0 amide bonds. The lowest BCUT2D eigenvalue weighted by molar-refractivity contribution is 0.585. The minimum atomic E-state index is 0.372. The summed E-state index contributed by atoms with van der Waals surface area (Å²) in [5.74, 6) is 2.45. The molecule has 4 atom stereocenters. The minimum Gasteiger partial charge on any atom is -0.388 e. The fourth-order valence-electron chi connectivity index (χ4n) is 10.5. The third-order valence-electron chi connectivity index (χ3n) is 13.7. The van der Waals surface area contributed by atoms with Gasteiger partial charge in [0.25, 0.3) is 0 Å². The molecule has 6 aromatic carbocycles. The maximum absolute atomic E-state index is 5.04. The van der Waals surface area contributed by atoms with Crippen molar-refractivity contribution in [1.29, 1.82) is 0 Å². The molecule has 1 saturated carbocycles. The smallest absolute Gasteiger partial charge is 0.0375 e. The second kappa shape index (κ2) is 14.8. The molecule has 0 saturated heterocycles. The molecule has 1 N–H and O–H groups in total. The predicted molar refractivity (Wildman–Crippen MR) is 247 cm³/mol. The van der Waals surface area contributed by atoms with Gasteiger partial charge in [-0.3, -0.25) is 0 Å². The summed E-state index contributed by atoms with van der Waals surface area (Å²) in [6.07, 6.45) is 13.2.